The van der Waals surface area contributed by atoms with E-state index in [0.717, 1.165) is 38.5 Å². The van der Waals surface area contributed by atoms with E-state index in [1.54, 1.807) is 6.08 Å². The Morgan fingerprint density at radius 2 is 0.595 bits per heavy atom. The fraction of sp³-hybridized carbons (Fsp3) is 0.918. The second-order valence-corrected chi connectivity index (χ2v) is 24.9. The number of unbranched alkanes of at least 4 members (excludes halogenated alkanes) is 55. The van der Waals surface area contributed by atoms with Crippen molar-refractivity contribution in [1.29, 1.82) is 0 Å². The standard InChI is InChI=1S/C73H141NO5/c1-3-5-7-9-11-13-15-17-19-20-32-36-39-43-47-51-55-59-63-67-73(78)79-68-64-60-56-52-48-44-40-37-34-31-29-27-25-23-21-22-24-26-28-30-33-35-38-42-46-50-54-58-62-66-72(77)74-70(69-75)71(76)65-61-57-53-49-45-41-18-16-14-12-10-8-6-4-2/h21,23,61,65,70-71,75-76H,3-20,22,24-60,62-64,66-69H2,1-2H3,(H,74,77)/b23-21-,65-61+. The van der Waals surface area contributed by atoms with Gasteiger partial charge in [0, 0.05) is 12.8 Å². The number of amides is 1. The van der Waals surface area contributed by atoms with Gasteiger partial charge in [-0.25, -0.2) is 0 Å². The minimum absolute atomic E-state index is 0.0217. The molecule has 0 saturated heterocycles. The van der Waals surface area contributed by atoms with Crippen molar-refractivity contribution in [3.05, 3.63) is 24.3 Å². The molecule has 0 saturated carbocycles. The summed E-state index contributed by atoms with van der Waals surface area (Å²) < 4.78 is 5.51. The average Bonchev–Trinajstić information content (AvgIpc) is 3.45. The average molecular weight is 1110 g/mol. The molecule has 0 rings (SSSR count). The highest BCUT2D eigenvalue weighted by atomic mass is 16.5. The van der Waals surface area contributed by atoms with E-state index >= 15 is 0 Å². The van der Waals surface area contributed by atoms with E-state index in [1.165, 1.54) is 340 Å². The van der Waals surface area contributed by atoms with E-state index in [9.17, 15) is 19.8 Å². The van der Waals surface area contributed by atoms with Gasteiger partial charge in [-0.1, -0.05) is 359 Å². The van der Waals surface area contributed by atoms with Crippen molar-refractivity contribution < 1.29 is 24.5 Å². The Balaban J connectivity index is 3.35. The molecule has 0 aromatic heterocycles. The quantitative estimate of drug-likeness (QED) is 0.0320. The number of aliphatic hydroxyl groups is 2. The molecule has 2 unspecified atom stereocenters. The highest BCUT2D eigenvalue weighted by molar-refractivity contribution is 5.76. The summed E-state index contributed by atoms with van der Waals surface area (Å²) in [5.41, 5.74) is 0. The largest absolute Gasteiger partial charge is 0.466 e. The maximum Gasteiger partial charge on any atom is 0.305 e. The van der Waals surface area contributed by atoms with Crippen LogP contribution in [0.4, 0.5) is 0 Å². The Labute approximate surface area is 494 Å². The third-order valence-electron chi connectivity index (χ3n) is 17.0. The maximum absolute atomic E-state index is 12.5. The lowest BCUT2D eigenvalue weighted by molar-refractivity contribution is -0.143. The highest BCUT2D eigenvalue weighted by Crippen LogP contribution is 2.19. The van der Waals surface area contributed by atoms with Crippen LogP contribution in [-0.2, 0) is 14.3 Å². The predicted molar refractivity (Wildman–Crippen MR) is 347 cm³/mol. The summed E-state index contributed by atoms with van der Waals surface area (Å²) in [4.78, 5) is 24.6. The van der Waals surface area contributed by atoms with E-state index in [-0.39, 0.29) is 18.5 Å². The Morgan fingerprint density at radius 1 is 0.342 bits per heavy atom. The van der Waals surface area contributed by atoms with Gasteiger partial charge in [-0.3, -0.25) is 9.59 Å². The van der Waals surface area contributed by atoms with Gasteiger partial charge in [-0.2, -0.15) is 0 Å². The number of hydrogen-bond donors (Lipinski definition) is 3. The van der Waals surface area contributed by atoms with Crippen LogP contribution in [0.15, 0.2) is 24.3 Å². The van der Waals surface area contributed by atoms with E-state index < -0.39 is 12.1 Å². The van der Waals surface area contributed by atoms with Crippen molar-refractivity contribution in [2.24, 2.45) is 0 Å². The van der Waals surface area contributed by atoms with E-state index in [1.807, 2.05) is 6.08 Å². The number of aliphatic hydroxyl groups excluding tert-OH is 2. The third kappa shape index (κ3) is 65.4. The molecule has 0 radical (unpaired) electrons. The van der Waals surface area contributed by atoms with Crippen LogP contribution < -0.4 is 5.32 Å². The topological polar surface area (TPSA) is 95.9 Å². The van der Waals surface area contributed by atoms with Crippen LogP contribution in [-0.4, -0.2) is 47.4 Å². The zero-order chi connectivity index (χ0) is 57.1. The Hall–Kier alpha value is -1.66. The van der Waals surface area contributed by atoms with Crippen molar-refractivity contribution in [3.8, 4) is 0 Å². The molecule has 0 bridgehead atoms. The van der Waals surface area contributed by atoms with Gasteiger partial charge in [0.25, 0.3) is 0 Å². The fourth-order valence-corrected chi connectivity index (χ4v) is 11.5. The molecule has 0 spiro atoms. The lowest BCUT2D eigenvalue weighted by Gasteiger charge is -2.20. The van der Waals surface area contributed by atoms with Crippen LogP contribution in [0.1, 0.15) is 406 Å². The van der Waals surface area contributed by atoms with Crippen molar-refractivity contribution in [2.75, 3.05) is 13.2 Å². The Kier molecular flexibility index (Phi) is 67.4. The summed E-state index contributed by atoms with van der Waals surface area (Å²) in [5.74, 6) is -0.0434. The lowest BCUT2D eigenvalue weighted by atomic mass is 10.0. The number of carbonyl (C=O) groups excluding carboxylic acids is 2. The minimum atomic E-state index is -0.843. The van der Waals surface area contributed by atoms with Gasteiger partial charge in [0.15, 0.2) is 0 Å². The number of rotatable bonds is 68. The van der Waals surface area contributed by atoms with Crippen LogP contribution in [0, 0.1) is 0 Å². The molecule has 79 heavy (non-hydrogen) atoms. The highest BCUT2D eigenvalue weighted by Gasteiger charge is 2.18. The number of allylic oxidation sites excluding steroid dienone is 3. The first-order valence-electron chi connectivity index (χ1n) is 36.1. The fourth-order valence-electron chi connectivity index (χ4n) is 11.5. The van der Waals surface area contributed by atoms with E-state index in [0.29, 0.717) is 19.4 Å². The van der Waals surface area contributed by atoms with Gasteiger partial charge >= 0.3 is 5.97 Å². The molecule has 0 heterocycles. The number of esters is 1. The minimum Gasteiger partial charge on any atom is -0.466 e. The molecule has 0 fully saturated rings. The normalized spacial score (nSPS) is 12.6. The first kappa shape index (κ1) is 77.3. The lowest BCUT2D eigenvalue weighted by Crippen LogP contribution is -2.45. The van der Waals surface area contributed by atoms with Gasteiger partial charge in [0.05, 0.1) is 25.4 Å². The monoisotopic (exact) mass is 1110 g/mol. The van der Waals surface area contributed by atoms with Crippen molar-refractivity contribution >= 4 is 11.9 Å². The maximum atomic E-state index is 12.5. The smallest absolute Gasteiger partial charge is 0.305 e. The van der Waals surface area contributed by atoms with Crippen LogP contribution in [0.2, 0.25) is 0 Å². The number of carbonyl (C=O) groups is 2. The second kappa shape index (κ2) is 68.8. The summed E-state index contributed by atoms with van der Waals surface area (Å²) in [6.07, 6.45) is 87.0. The van der Waals surface area contributed by atoms with Gasteiger partial charge in [-0.05, 0) is 57.8 Å². The molecule has 0 aromatic carbocycles. The molecule has 2 atom stereocenters. The Morgan fingerprint density at radius 3 is 0.899 bits per heavy atom. The zero-order valence-electron chi connectivity index (χ0n) is 53.6. The summed E-state index contributed by atoms with van der Waals surface area (Å²) in [6.45, 7) is 4.94. The molecule has 6 nitrogen and oxygen atoms in total. The van der Waals surface area contributed by atoms with Gasteiger partial charge < -0.3 is 20.3 Å². The molecule has 0 aliphatic heterocycles. The van der Waals surface area contributed by atoms with Gasteiger partial charge in [0.1, 0.15) is 0 Å². The van der Waals surface area contributed by atoms with Crippen LogP contribution in [0.5, 0.6) is 0 Å². The number of nitrogens with one attached hydrogen (secondary N) is 1. The van der Waals surface area contributed by atoms with Gasteiger partial charge in [-0.15, -0.1) is 0 Å². The molecule has 468 valence electrons. The second-order valence-electron chi connectivity index (χ2n) is 24.9. The molecule has 3 N–H and O–H groups in total. The molecular formula is C73H141NO5. The van der Waals surface area contributed by atoms with Crippen molar-refractivity contribution in [1.82, 2.24) is 5.32 Å². The number of hydrogen-bond acceptors (Lipinski definition) is 5. The number of ether oxygens (including phenoxy) is 1. The Bertz CT molecular complexity index is 1230. The zero-order valence-corrected chi connectivity index (χ0v) is 53.6. The molecule has 0 aliphatic rings. The van der Waals surface area contributed by atoms with Crippen LogP contribution in [0.3, 0.4) is 0 Å². The van der Waals surface area contributed by atoms with E-state index in [4.69, 9.17) is 4.74 Å². The van der Waals surface area contributed by atoms with Crippen LogP contribution in [0.25, 0.3) is 0 Å². The summed E-state index contributed by atoms with van der Waals surface area (Å²) in [5, 5.41) is 23.1. The molecule has 0 aliphatic carbocycles. The first-order chi connectivity index (χ1) is 39.0. The molecular weight excluding hydrogens is 971 g/mol. The molecule has 0 aromatic rings. The molecule has 1 amide bonds. The van der Waals surface area contributed by atoms with Crippen molar-refractivity contribution in [3.63, 3.8) is 0 Å². The van der Waals surface area contributed by atoms with Gasteiger partial charge in [0.2, 0.25) is 5.91 Å². The predicted octanol–water partition coefficient (Wildman–Crippen LogP) is 23.3. The molecule has 6 heteroatoms. The van der Waals surface area contributed by atoms with E-state index in [2.05, 4.69) is 31.3 Å². The van der Waals surface area contributed by atoms with Crippen molar-refractivity contribution in [2.45, 2.75) is 418 Å². The summed E-state index contributed by atoms with van der Waals surface area (Å²) in [6, 6.07) is -0.626. The third-order valence-corrected chi connectivity index (χ3v) is 17.0. The SMILES string of the molecule is CCCCCCCCCCCCCC/C=C/C(O)C(CO)NC(=O)CCCCCCCCCCCCCCC/C=C\CCCCCCCCCCCCCCOC(=O)CCCCCCCCCCCCCCCCCCCCC. The van der Waals surface area contributed by atoms with Crippen LogP contribution >= 0.6 is 0 Å². The summed E-state index contributed by atoms with van der Waals surface area (Å²) in [7, 11) is 0. The summed E-state index contributed by atoms with van der Waals surface area (Å²) >= 11 is 0. The first-order valence-corrected chi connectivity index (χ1v) is 36.1.